The van der Waals surface area contributed by atoms with E-state index >= 15 is 0 Å². The molecule has 1 N–H and O–H groups in total. The van der Waals surface area contributed by atoms with Crippen LogP contribution in [-0.2, 0) is 0 Å². The second kappa shape index (κ2) is 6.08. The van der Waals surface area contributed by atoms with Crippen molar-refractivity contribution in [1.82, 2.24) is 15.1 Å². The molecule has 2 aromatic carbocycles. The average molecular weight is 349 g/mol. The fourth-order valence-corrected chi connectivity index (χ4v) is 3.37. The van der Waals surface area contributed by atoms with E-state index in [-0.39, 0.29) is 18.5 Å². The number of amides is 1. The Morgan fingerprint density at radius 3 is 2.56 bits per heavy atom. The highest BCUT2D eigenvalue weighted by Gasteiger charge is 2.41. The Balaban J connectivity index is 1.90. The lowest BCUT2D eigenvalue weighted by atomic mass is 9.96. The molecule has 0 bridgehead atoms. The second-order valence-electron chi connectivity index (χ2n) is 5.77. The molecular formula is C19H13ClN4O. The molecule has 122 valence electrons. The van der Waals surface area contributed by atoms with Gasteiger partial charge in [-0.3, -0.25) is 9.89 Å². The minimum absolute atomic E-state index is 0.0149. The first kappa shape index (κ1) is 15.4. The molecule has 25 heavy (non-hydrogen) atoms. The van der Waals surface area contributed by atoms with Gasteiger partial charge in [-0.1, -0.05) is 54.1 Å². The number of H-pyrrole nitrogens is 1. The maximum Gasteiger partial charge on any atom is 0.273 e. The minimum Gasteiger partial charge on any atom is -0.313 e. The summed E-state index contributed by atoms with van der Waals surface area (Å²) in [5.41, 5.74) is 3.76. The number of nitrogens with zero attached hydrogens (tertiary/aromatic N) is 3. The molecule has 1 aliphatic rings. The molecule has 6 heteroatoms. The molecule has 1 amide bonds. The van der Waals surface area contributed by atoms with Crippen LogP contribution in [0.4, 0.5) is 0 Å². The Morgan fingerprint density at radius 2 is 1.88 bits per heavy atom. The molecule has 1 atom stereocenters. The van der Waals surface area contributed by atoms with E-state index in [0.717, 1.165) is 16.7 Å². The highest BCUT2D eigenvalue weighted by molar-refractivity contribution is 6.30. The van der Waals surface area contributed by atoms with E-state index in [1.165, 1.54) is 0 Å². The normalized spacial score (nSPS) is 15.9. The molecule has 1 unspecified atom stereocenters. The van der Waals surface area contributed by atoms with Crippen molar-refractivity contribution in [3.63, 3.8) is 0 Å². The fraction of sp³-hybridized carbons (Fsp3) is 0.105. The number of benzene rings is 2. The lowest BCUT2D eigenvalue weighted by Crippen LogP contribution is -2.29. The van der Waals surface area contributed by atoms with Crippen molar-refractivity contribution in [2.45, 2.75) is 6.04 Å². The maximum absolute atomic E-state index is 12.8. The molecule has 0 radical (unpaired) electrons. The molecule has 1 aromatic heterocycles. The van der Waals surface area contributed by atoms with Gasteiger partial charge in [-0.05, 0) is 17.7 Å². The summed E-state index contributed by atoms with van der Waals surface area (Å²) >= 11 is 5.98. The van der Waals surface area contributed by atoms with E-state index < -0.39 is 0 Å². The molecule has 5 nitrogen and oxygen atoms in total. The van der Waals surface area contributed by atoms with Crippen LogP contribution in [-0.4, -0.2) is 27.5 Å². The molecule has 4 rings (SSSR count). The molecule has 0 saturated heterocycles. The first-order valence-corrected chi connectivity index (χ1v) is 8.15. The Morgan fingerprint density at radius 1 is 1.16 bits per heavy atom. The number of nitrogens with one attached hydrogen (secondary N) is 1. The Hall–Kier alpha value is -3.10. The number of aromatic nitrogens is 2. The molecule has 0 spiro atoms. The smallest absolute Gasteiger partial charge is 0.273 e. The second-order valence-corrected chi connectivity index (χ2v) is 6.21. The summed E-state index contributed by atoms with van der Waals surface area (Å²) in [6.45, 7) is 0.0149. The number of fused-ring (bicyclic) bond motifs is 1. The van der Waals surface area contributed by atoms with Gasteiger partial charge in [-0.15, -0.1) is 0 Å². The number of hydrogen-bond donors (Lipinski definition) is 1. The van der Waals surface area contributed by atoms with Gasteiger partial charge in [0.1, 0.15) is 12.2 Å². The molecule has 3 aromatic rings. The molecule has 1 aliphatic heterocycles. The van der Waals surface area contributed by atoms with Crippen LogP contribution < -0.4 is 0 Å². The predicted molar refractivity (Wildman–Crippen MR) is 94.0 cm³/mol. The highest BCUT2D eigenvalue weighted by Crippen LogP contribution is 2.42. The van der Waals surface area contributed by atoms with Gasteiger partial charge in [0.2, 0.25) is 0 Å². The Bertz CT molecular complexity index is 973. The van der Waals surface area contributed by atoms with E-state index in [4.69, 9.17) is 16.9 Å². The fourth-order valence-electron chi connectivity index (χ4n) is 3.25. The third-order valence-corrected chi connectivity index (χ3v) is 4.59. The molecule has 0 aliphatic carbocycles. The van der Waals surface area contributed by atoms with Crippen molar-refractivity contribution in [3.05, 3.63) is 76.4 Å². The summed E-state index contributed by atoms with van der Waals surface area (Å²) in [6, 6.07) is 18.7. The standard InChI is InChI=1S/C19H13ClN4O/c20-14-8-6-12(7-9-14)16-15-17(23-22-16)19(25)24(11-10-21)18(15)13-4-2-1-3-5-13/h1-9,18H,11H2,(H,22,23). The third kappa shape index (κ3) is 2.48. The monoisotopic (exact) mass is 348 g/mol. The van der Waals surface area contributed by atoms with Crippen LogP contribution >= 0.6 is 11.6 Å². The summed E-state index contributed by atoms with van der Waals surface area (Å²) in [7, 11) is 0. The van der Waals surface area contributed by atoms with E-state index in [9.17, 15) is 4.79 Å². The van der Waals surface area contributed by atoms with Crippen LogP contribution in [0.1, 0.15) is 27.7 Å². The number of aromatic amines is 1. The van der Waals surface area contributed by atoms with Gasteiger partial charge in [0.15, 0.2) is 0 Å². The Kier molecular flexibility index (Phi) is 3.75. The summed E-state index contributed by atoms with van der Waals surface area (Å²) in [5.74, 6) is -0.210. The molecular weight excluding hydrogens is 336 g/mol. The highest BCUT2D eigenvalue weighted by atomic mass is 35.5. The average Bonchev–Trinajstić information content (AvgIpc) is 3.17. The number of carbonyl (C=O) groups excluding carboxylic acids is 1. The van der Waals surface area contributed by atoms with Gasteiger partial charge in [0.05, 0.1) is 17.8 Å². The number of halogens is 1. The number of carbonyl (C=O) groups is 1. The van der Waals surface area contributed by atoms with E-state index in [1.54, 1.807) is 17.0 Å². The van der Waals surface area contributed by atoms with Crippen molar-refractivity contribution in [1.29, 1.82) is 5.26 Å². The summed E-state index contributed by atoms with van der Waals surface area (Å²) in [6.07, 6.45) is 0. The van der Waals surface area contributed by atoms with E-state index in [0.29, 0.717) is 16.4 Å². The molecule has 2 heterocycles. The quantitative estimate of drug-likeness (QED) is 0.732. The zero-order valence-electron chi connectivity index (χ0n) is 13.1. The summed E-state index contributed by atoms with van der Waals surface area (Å²) in [5, 5.41) is 17.0. The number of hydrogen-bond acceptors (Lipinski definition) is 3. The van der Waals surface area contributed by atoms with Gasteiger partial charge in [-0.25, -0.2) is 0 Å². The van der Waals surface area contributed by atoms with Crippen LogP contribution in [0.3, 0.4) is 0 Å². The number of nitriles is 1. The lowest BCUT2D eigenvalue weighted by Gasteiger charge is -2.23. The van der Waals surface area contributed by atoms with Crippen molar-refractivity contribution >= 4 is 17.5 Å². The van der Waals surface area contributed by atoms with Gasteiger partial charge < -0.3 is 4.90 Å². The van der Waals surface area contributed by atoms with Crippen LogP contribution in [0.15, 0.2) is 54.6 Å². The van der Waals surface area contributed by atoms with Gasteiger partial charge in [0, 0.05) is 16.1 Å². The van der Waals surface area contributed by atoms with Gasteiger partial charge in [0.25, 0.3) is 5.91 Å². The van der Waals surface area contributed by atoms with Crippen molar-refractivity contribution < 1.29 is 4.79 Å². The SMILES string of the molecule is N#CCN1C(=O)c2[nH]nc(-c3ccc(Cl)cc3)c2C1c1ccccc1. The largest absolute Gasteiger partial charge is 0.313 e. The topological polar surface area (TPSA) is 72.8 Å². The van der Waals surface area contributed by atoms with Crippen molar-refractivity contribution in [2.75, 3.05) is 6.54 Å². The van der Waals surface area contributed by atoms with Crippen molar-refractivity contribution in [2.24, 2.45) is 0 Å². The Labute approximate surface area is 149 Å². The summed E-state index contributed by atoms with van der Waals surface area (Å²) in [4.78, 5) is 14.3. The first-order chi connectivity index (χ1) is 12.2. The zero-order valence-corrected chi connectivity index (χ0v) is 13.9. The van der Waals surface area contributed by atoms with Crippen LogP contribution in [0, 0.1) is 11.3 Å². The minimum atomic E-state index is -0.340. The van der Waals surface area contributed by atoms with Crippen LogP contribution in [0.2, 0.25) is 5.02 Å². The van der Waals surface area contributed by atoms with E-state index in [2.05, 4.69) is 16.3 Å². The first-order valence-electron chi connectivity index (χ1n) is 7.77. The zero-order chi connectivity index (χ0) is 17.4. The molecule has 0 saturated carbocycles. The summed E-state index contributed by atoms with van der Waals surface area (Å²) < 4.78 is 0. The van der Waals surface area contributed by atoms with Gasteiger partial charge >= 0.3 is 0 Å². The van der Waals surface area contributed by atoms with Crippen LogP contribution in [0.5, 0.6) is 0 Å². The van der Waals surface area contributed by atoms with E-state index in [1.807, 2.05) is 42.5 Å². The van der Waals surface area contributed by atoms with Crippen LogP contribution in [0.25, 0.3) is 11.3 Å². The lowest BCUT2D eigenvalue weighted by molar-refractivity contribution is 0.0767. The molecule has 0 fully saturated rings. The maximum atomic E-state index is 12.8. The van der Waals surface area contributed by atoms with Gasteiger partial charge in [-0.2, -0.15) is 10.4 Å². The van der Waals surface area contributed by atoms with Crippen molar-refractivity contribution in [3.8, 4) is 17.3 Å². The number of rotatable bonds is 3. The predicted octanol–water partition coefficient (Wildman–Crippen LogP) is 3.80. The third-order valence-electron chi connectivity index (χ3n) is 4.34.